The van der Waals surface area contributed by atoms with Gasteiger partial charge >= 0.3 is 0 Å². The summed E-state index contributed by atoms with van der Waals surface area (Å²) in [5, 5.41) is 17.0. The van der Waals surface area contributed by atoms with Gasteiger partial charge in [0.25, 0.3) is 0 Å². The van der Waals surface area contributed by atoms with Crippen molar-refractivity contribution >= 4 is 0 Å². The van der Waals surface area contributed by atoms with E-state index in [9.17, 15) is 5.11 Å². The third-order valence-electron chi connectivity index (χ3n) is 3.05. The first kappa shape index (κ1) is 13.4. The summed E-state index contributed by atoms with van der Waals surface area (Å²) in [6, 6.07) is 7.39. The van der Waals surface area contributed by atoms with E-state index in [-0.39, 0.29) is 5.75 Å². The van der Waals surface area contributed by atoms with E-state index in [0.717, 1.165) is 25.1 Å². The Kier molecular flexibility index (Phi) is 4.41. The number of aromatic nitrogens is 2. The summed E-state index contributed by atoms with van der Waals surface area (Å²) in [6.07, 6.45) is 2.74. The van der Waals surface area contributed by atoms with Crippen LogP contribution in [0.4, 0.5) is 0 Å². The molecule has 0 spiro atoms. The largest absolute Gasteiger partial charge is 0.504 e. The molecule has 0 amide bonds. The monoisotopic (exact) mass is 261 g/mol. The van der Waals surface area contributed by atoms with Crippen LogP contribution in [0.25, 0.3) is 0 Å². The van der Waals surface area contributed by atoms with Gasteiger partial charge in [0.2, 0.25) is 0 Å². The van der Waals surface area contributed by atoms with Crippen molar-refractivity contribution < 1.29 is 9.84 Å². The maximum absolute atomic E-state index is 9.51. The Hall–Kier alpha value is -2.01. The Morgan fingerprint density at radius 2 is 2.21 bits per heavy atom. The zero-order valence-electron chi connectivity index (χ0n) is 11.3. The molecule has 102 valence electrons. The topological polar surface area (TPSA) is 59.3 Å². The summed E-state index contributed by atoms with van der Waals surface area (Å²) in [7, 11) is 3.49. The predicted molar refractivity (Wildman–Crippen MR) is 73.3 cm³/mol. The van der Waals surface area contributed by atoms with Crippen molar-refractivity contribution in [2.45, 2.75) is 13.0 Å². The van der Waals surface area contributed by atoms with Gasteiger partial charge in [-0.05, 0) is 23.8 Å². The lowest BCUT2D eigenvalue weighted by atomic mass is 10.2. The highest BCUT2D eigenvalue weighted by atomic mass is 16.5. The fraction of sp³-hybridized carbons (Fsp3) is 0.357. The SMILES string of the molecule is COc1cc(CNCCc2ccnn2C)ccc1O. The van der Waals surface area contributed by atoms with Gasteiger partial charge in [-0.25, -0.2) is 0 Å². The summed E-state index contributed by atoms with van der Waals surface area (Å²) in [6.45, 7) is 1.62. The van der Waals surface area contributed by atoms with Crippen LogP contribution in [0.2, 0.25) is 0 Å². The van der Waals surface area contributed by atoms with Crippen LogP contribution < -0.4 is 10.1 Å². The molecular formula is C14H19N3O2. The van der Waals surface area contributed by atoms with E-state index in [4.69, 9.17) is 4.74 Å². The van der Waals surface area contributed by atoms with Crippen LogP contribution in [0.3, 0.4) is 0 Å². The molecule has 1 aromatic heterocycles. The Morgan fingerprint density at radius 3 is 2.89 bits per heavy atom. The third-order valence-corrected chi connectivity index (χ3v) is 3.05. The zero-order valence-corrected chi connectivity index (χ0v) is 11.3. The standard InChI is InChI=1S/C14H19N3O2/c1-17-12(6-8-16-17)5-7-15-10-11-3-4-13(18)14(9-11)19-2/h3-4,6,8-9,15,18H,5,7,10H2,1-2H3. The van der Waals surface area contributed by atoms with Crippen molar-refractivity contribution in [1.82, 2.24) is 15.1 Å². The highest BCUT2D eigenvalue weighted by Crippen LogP contribution is 2.26. The van der Waals surface area contributed by atoms with Crippen LogP contribution in [0.5, 0.6) is 11.5 Å². The van der Waals surface area contributed by atoms with Crippen molar-refractivity contribution in [1.29, 1.82) is 0 Å². The van der Waals surface area contributed by atoms with Gasteiger partial charge in [-0.15, -0.1) is 0 Å². The van der Waals surface area contributed by atoms with E-state index in [1.807, 2.05) is 29.9 Å². The van der Waals surface area contributed by atoms with Crippen molar-refractivity contribution in [2.24, 2.45) is 7.05 Å². The number of nitrogens with zero attached hydrogens (tertiary/aromatic N) is 2. The summed E-state index contributed by atoms with van der Waals surface area (Å²) in [5.41, 5.74) is 2.29. The number of aromatic hydroxyl groups is 1. The number of nitrogens with one attached hydrogen (secondary N) is 1. The molecule has 0 saturated carbocycles. The molecule has 2 N–H and O–H groups in total. The minimum absolute atomic E-state index is 0.168. The number of ether oxygens (including phenoxy) is 1. The Morgan fingerprint density at radius 1 is 1.37 bits per heavy atom. The second-order valence-corrected chi connectivity index (χ2v) is 4.38. The molecule has 0 fully saturated rings. The molecule has 1 aromatic carbocycles. The van der Waals surface area contributed by atoms with E-state index in [1.54, 1.807) is 19.4 Å². The van der Waals surface area contributed by atoms with Crippen LogP contribution in [0.15, 0.2) is 30.5 Å². The molecule has 0 aliphatic rings. The lowest BCUT2D eigenvalue weighted by molar-refractivity contribution is 0.373. The fourth-order valence-electron chi connectivity index (χ4n) is 1.93. The molecule has 2 rings (SSSR count). The fourth-order valence-corrected chi connectivity index (χ4v) is 1.93. The summed E-state index contributed by atoms with van der Waals surface area (Å²) < 4.78 is 6.96. The Labute approximate surface area is 112 Å². The number of hydrogen-bond donors (Lipinski definition) is 2. The first-order chi connectivity index (χ1) is 9.20. The minimum atomic E-state index is 0.168. The van der Waals surface area contributed by atoms with Crippen molar-refractivity contribution in [3.05, 3.63) is 41.7 Å². The second-order valence-electron chi connectivity index (χ2n) is 4.38. The van der Waals surface area contributed by atoms with E-state index < -0.39 is 0 Å². The van der Waals surface area contributed by atoms with E-state index in [0.29, 0.717) is 5.75 Å². The van der Waals surface area contributed by atoms with Gasteiger partial charge in [-0.2, -0.15) is 5.10 Å². The van der Waals surface area contributed by atoms with E-state index >= 15 is 0 Å². The Bertz CT molecular complexity index is 537. The third kappa shape index (κ3) is 3.48. The van der Waals surface area contributed by atoms with Crippen LogP contribution in [-0.4, -0.2) is 28.5 Å². The average Bonchev–Trinajstić information content (AvgIpc) is 2.82. The van der Waals surface area contributed by atoms with Gasteiger partial charge in [-0.1, -0.05) is 6.07 Å². The second kappa shape index (κ2) is 6.24. The smallest absolute Gasteiger partial charge is 0.160 e. The molecule has 0 radical (unpaired) electrons. The first-order valence-corrected chi connectivity index (χ1v) is 6.24. The molecule has 0 atom stereocenters. The molecule has 0 aliphatic heterocycles. The van der Waals surface area contributed by atoms with Crippen LogP contribution in [0, 0.1) is 0 Å². The summed E-state index contributed by atoms with van der Waals surface area (Å²) in [4.78, 5) is 0. The number of phenolic OH excluding ortho intramolecular Hbond substituents is 1. The Balaban J connectivity index is 1.81. The lowest BCUT2D eigenvalue weighted by Crippen LogP contribution is -2.17. The van der Waals surface area contributed by atoms with Crippen molar-refractivity contribution in [2.75, 3.05) is 13.7 Å². The molecule has 0 saturated heterocycles. The van der Waals surface area contributed by atoms with Crippen LogP contribution in [0.1, 0.15) is 11.3 Å². The van der Waals surface area contributed by atoms with Gasteiger partial charge in [0.15, 0.2) is 11.5 Å². The maximum atomic E-state index is 9.51. The molecule has 19 heavy (non-hydrogen) atoms. The van der Waals surface area contributed by atoms with Crippen molar-refractivity contribution in [3.63, 3.8) is 0 Å². The van der Waals surface area contributed by atoms with Gasteiger partial charge < -0.3 is 15.2 Å². The highest BCUT2D eigenvalue weighted by Gasteiger charge is 2.02. The molecule has 1 heterocycles. The zero-order chi connectivity index (χ0) is 13.7. The first-order valence-electron chi connectivity index (χ1n) is 6.24. The van der Waals surface area contributed by atoms with E-state index in [1.165, 1.54) is 5.69 Å². The van der Waals surface area contributed by atoms with Crippen LogP contribution in [-0.2, 0) is 20.0 Å². The summed E-state index contributed by atoms with van der Waals surface area (Å²) in [5.74, 6) is 0.673. The van der Waals surface area contributed by atoms with Gasteiger partial charge in [0.05, 0.1) is 7.11 Å². The van der Waals surface area contributed by atoms with Crippen molar-refractivity contribution in [3.8, 4) is 11.5 Å². The number of phenols is 1. The average molecular weight is 261 g/mol. The van der Waals surface area contributed by atoms with E-state index in [2.05, 4.69) is 10.4 Å². The summed E-state index contributed by atoms with van der Waals surface area (Å²) >= 11 is 0. The molecule has 0 bridgehead atoms. The number of hydrogen-bond acceptors (Lipinski definition) is 4. The molecule has 2 aromatic rings. The molecule has 0 aliphatic carbocycles. The number of methoxy groups -OCH3 is 1. The maximum Gasteiger partial charge on any atom is 0.160 e. The highest BCUT2D eigenvalue weighted by molar-refractivity contribution is 5.41. The number of benzene rings is 1. The van der Waals surface area contributed by atoms with Gasteiger partial charge in [0, 0.05) is 38.4 Å². The minimum Gasteiger partial charge on any atom is -0.504 e. The molecule has 5 nitrogen and oxygen atoms in total. The van der Waals surface area contributed by atoms with Gasteiger partial charge in [-0.3, -0.25) is 4.68 Å². The molecule has 5 heteroatoms. The molecular weight excluding hydrogens is 242 g/mol. The van der Waals surface area contributed by atoms with Gasteiger partial charge in [0.1, 0.15) is 0 Å². The lowest BCUT2D eigenvalue weighted by Gasteiger charge is -2.08. The predicted octanol–water partition coefficient (Wildman–Crippen LogP) is 1.47. The molecule has 0 unspecified atom stereocenters. The normalized spacial score (nSPS) is 10.6. The number of aryl methyl sites for hydroxylation is 1. The number of rotatable bonds is 6. The quantitative estimate of drug-likeness (QED) is 0.773. The van der Waals surface area contributed by atoms with Crippen LogP contribution >= 0.6 is 0 Å².